The van der Waals surface area contributed by atoms with Crippen LogP contribution in [0.4, 0.5) is 0 Å². The van der Waals surface area contributed by atoms with Crippen LogP contribution in [-0.2, 0) is 0 Å². The molecule has 4 N–H and O–H groups in total. The average Bonchev–Trinajstić information content (AvgIpc) is 3.08. The first-order valence-electron chi connectivity index (χ1n) is 5.78. The molecule has 1 aromatic heterocycles. The zero-order valence-electron chi connectivity index (χ0n) is 10.0. The maximum Gasteiger partial charge on any atom is 0.257 e. The van der Waals surface area contributed by atoms with Crippen molar-refractivity contribution >= 4 is 23.1 Å². The van der Waals surface area contributed by atoms with E-state index in [2.05, 4.69) is 10.3 Å². The van der Waals surface area contributed by atoms with Crippen LogP contribution in [0.1, 0.15) is 28.9 Å². The minimum Gasteiger partial charge on any atom is -0.392 e. The number of nitrogens with two attached hydrogens (primary N) is 1. The first-order valence-corrected chi connectivity index (χ1v) is 6.19. The molecule has 0 aliphatic heterocycles. The van der Waals surface area contributed by atoms with Crippen LogP contribution in [-0.4, -0.2) is 21.9 Å². The second-order valence-electron chi connectivity index (χ2n) is 4.58. The Kier molecular flexibility index (Phi) is 3.47. The van der Waals surface area contributed by atoms with Gasteiger partial charge < -0.3 is 16.0 Å². The van der Waals surface area contributed by atoms with E-state index in [1.165, 1.54) is 12.3 Å². The van der Waals surface area contributed by atoms with Gasteiger partial charge in [0.1, 0.15) is 5.56 Å². The maximum atomic E-state index is 12.0. The fourth-order valence-electron chi connectivity index (χ4n) is 1.82. The van der Waals surface area contributed by atoms with Crippen molar-refractivity contribution in [3.8, 4) is 0 Å². The van der Waals surface area contributed by atoms with Crippen molar-refractivity contribution in [1.82, 2.24) is 10.3 Å². The molecule has 1 fully saturated rings. The van der Waals surface area contributed by atoms with Gasteiger partial charge in [0, 0.05) is 18.0 Å². The number of hydrogen-bond acceptors (Lipinski definition) is 3. The molecule has 0 bridgehead atoms. The third kappa shape index (κ3) is 2.76. The van der Waals surface area contributed by atoms with E-state index in [0.717, 1.165) is 12.8 Å². The second kappa shape index (κ2) is 4.89. The van der Waals surface area contributed by atoms with Gasteiger partial charge in [-0.25, -0.2) is 0 Å². The van der Waals surface area contributed by atoms with Gasteiger partial charge in [-0.2, -0.15) is 0 Å². The number of aryl methyl sites for hydroxylation is 1. The van der Waals surface area contributed by atoms with Gasteiger partial charge in [0.05, 0.1) is 11.0 Å². The predicted octanol–water partition coefficient (Wildman–Crippen LogP) is 0.478. The molecule has 96 valence electrons. The Morgan fingerprint density at radius 1 is 1.61 bits per heavy atom. The Bertz CT molecular complexity index is 548. The smallest absolute Gasteiger partial charge is 0.257 e. The number of aromatic amines is 1. The number of pyridine rings is 1. The van der Waals surface area contributed by atoms with Crippen molar-refractivity contribution < 1.29 is 4.79 Å². The van der Waals surface area contributed by atoms with Crippen molar-refractivity contribution in [1.29, 1.82) is 0 Å². The molecule has 1 unspecified atom stereocenters. The van der Waals surface area contributed by atoms with E-state index in [-0.39, 0.29) is 22.0 Å². The molecule has 1 heterocycles. The first kappa shape index (κ1) is 12.8. The van der Waals surface area contributed by atoms with Crippen LogP contribution in [0.5, 0.6) is 0 Å². The van der Waals surface area contributed by atoms with Gasteiger partial charge in [0.25, 0.3) is 5.91 Å². The molecule has 0 aromatic carbocycles. The van der Waals surface area contributed by atoms with Gasteiger partial charge in [-0.3, -0.25) is 9.59 Å². The third-order valence-corrected chi connectivity index (χ3v) is 3.24. The molecule has 6 heteroatoms. The maximum absolute atomic E-state index is 12.0. The minimum atomic E-state index is -0.430. The number of nitrogens with one attached hydrogen (secondary N) is 2. The van der Waals surface area contributed by atoms with Crippen LogP contribution < -0.4 is 16.5 Å². The average molecular weight is 265 g/mol. The lowest BCUT2D eigenvalue weighted by Gasteiger charge is -2.16. The normalized spacial score (nSPS) is 16.1. The van der Waals surface area contributed by atoms with Crippen LogP contribution in [0.25, 0.3) is 0 Å². The topological polar surface area (TPSA) is 88.0 Å². The second-order valence-corrected chi connectivity index (χ2v) is 5.06. The molecule has 2 rings (SSSR count). The lowest BCUT2D eigenvalue weighted by Crippen LogP contribution is -2.46. The highest BCUT2D eigenvalue weighted by atomic mass is 32.1. The van der Waals surface area contributed by atoms with Crippen LogP contribution in [0.15, 0.2) is 17.1 Å². The summed E-state index contributed by atoms with van der Waals surface area (Å²) in [5, 5.41) is 2.73. The van der Waals surface area contributed by atoms with Gasteiger partial charge in [0.2, 0.25) is 0 Å². The molecule has 18 heavy (non-hydrogen) atoms. The van der Waals surface area contributed by atoms with E-state index in [4.69, 9.17) is 18.0 Å². The molecule has 1 amide bonds. The predicted molar refractivity (Wildman–Crippen MR) is 72.6 cm³/mol. The molecular formula is C12H15N3O2S. The summed E-state index contributed by atoms with van der Waals surface area (Å²) in [7, 11) is 0. The summed E-state index contributed by atoms with van der Waals surface area (Å²) in [6, 6.07) is 1.08. The molecule has 0 saturated heterocycles. The number of hydrogen-bond donors (Lipinski definition) is 3. The van der Waals surface area contributed by atoms with Gasteiger partial charge >= 0.3 is 0 Å². The van der Waals surface area contributed by atoms with Crippen LogP contribution >= 0.6 is 12.2 Å². The Balaban J connectivity index is 2.16. The van der Waals surface area contributed by atoms with Gasteiger partial charge in [-0.05, 0) is 25.7 Å². The van der Waals surface area contributed by atoms with Crippen LogP contribution in [0.3, 0.4) is 0 Å². The summed E-state index contributed by atoms with van der Waals surface area (Å²) in [6.45, 7) is 1.76. The number of carbonyl (C=O) groups excluding carboxylic acids is 1. The van der Waals surface area contributed by atoms with E-state index in [9.17, 15) is 9.59 Å². The summed E-state index contributed by atoms with van der Waals surface area (Å²) in [5.41, 5.74) is 6.09. The number of aromatic nitrogens is 1. The van der Waals surface area contributed by atoms with E-state index in [1.54, 1.807) is 6.92 Å². The lowest BCUT2D eigenvalue weighted by atomic mass is 10.1. The summed E-state index contributed by atoms with van der Waals surface area (Å²) in [6.07, 6.45) is 3.43. The largest absolute Gasteiger partial charge is 0.392 e. The highest BCUT2D eigenvalue weighted by Gasteiger charge is 2.34. The fraction of sp³-hybridized carbons (Fsp3) is 0.417. The van der Waals surface area contributed by atoms with E-state index >= 15 is 0 Å². The Morgan fingerprint density at radius 3 is 2.78 bits per heavy atom. The third-order valence-electron chi connectivity index (χ3n) is 2.99. The summed E-state index contributed by atoms with van der Waals surface area (Å²) in [5.74, 6) is -0.114. The lowest BCUT2D eigenvalue weighted by molar-refractivity contribution is 0.0942. The SMILES string of the molecule is Cc1cc(=O)c(C(=O)NC(C(N)=S)C2CC2)c[nH]1. The molecule has 1 atom stereocenters. The zero-order valence-corrected chi connectivity index (χ0v) is 10.8. The quantitative estimate of drug-likeness (QED) is 0.691. The molecule has 1 saturated carbocycles. The number of rotatable bonds is 4. The summed E-state index contributed by atoms with van der Waals surface area (Å²) < 4.78 is 0. The highest BCUT2D eigenvalue weighted by Crippen LogP contribution is 2.32. The number of carbonyl (C=O) groups is 1. The molecule has 5 nitrogen and oxygen atoms in total. The Labute approximate surface area is 110 Å². The van der Waals surface area contributed by atoms with Crippen LogP contribution in [0, 0.1) is 12.8 Å². The molecule has 1 aromatic rings. The number of H-pyrrole nitrogens is 1. The molecular weight excluding hydrogens is 250 g/mol. The standard InChI is InChI=1S/C12H15N3O2S/c1-6-4-9(16)8(5-14-6)12(17)15-10(11(13)18)7-2-3-7/h4-5,7,10H,2-3H2,1H3,(H2,13,18)(H,14,16)(H,15,17). The highest BCUT2D eigenvalue weighted by molar-refractivity contribution is 7.80. The molecule has 1 aliphatic rings. The number of thiocarbonyl (C=S) groups is 1. The fourth-order valence-corrected chi connectivity index (χ4v) is 2.07. The molecule has 0 radical (unpaired) electrons. The van der Waals surface area contributed by atoms with Crippen molar-refractivity contribution in [3.05, 3.63) is 33.7 Å². The van der Waals surface area contributed by atoms with Gasteiger partial charge in [0.15, 0.2) is 5.43 Å². The van der Waals surface area contributed by atoms with Crippen molar-refractivity contribution in [2.45, 2.75) is 25.8 Å². The summed E-state index contributed by atoms with van der Waals surface area (Å²) >= 11 is 4.93. The van der Waals surface area contributed by atoms with E-state index < -0.39 is 5.91 Å². The van der Waals surface area contributed by atoms with Crippen LogP contribution in [0.2, 0.25) is 0 Å². The zero-order chi connectivity index (χ0) is 13.3. The van der Waals surface area contributed by atoms with Gasteiger partial charge in [-0.15, -0.1) is 0 Å². The Hall–Kier alpha value is -1.69. The molecule has 1 aliphatic carbocycles. The summed E-state index contributed by atoms with van der Waals surface area (Å²) in [4.78, 5) is 26.8. The van der Waals surface area contributed by atoms with E-state index in [1.807, 2.05) is 0 Å². The van der Waals surface area contributed by atoms with E-state index in [0.29, 0.717) is 11.6 Å². The van der Waals surface area contributed by atoms with Crippen molar-refractivity contribution in [3.63, 3.8) is 0 Å². The minimum absolute atomic E-state index is 0.0856. The molecule has 0 spiro atoms. The first-order chi connectivity index (χ1) is 8.49. The van der Waals surface area contributed by atoms with Crippen molar-refractivity contribution in [2.24, 2.45) is 11.7 Å². The number of amides is 1. The monoisotopic (exact) mass is 265 g/mol. The Morgan fingerprint density at radius 2 is 2.28 bits per heavy atom. The van der Waals surface area contributed by atoms with Gasteiger partial charge in [-0.1, -0.05) is 12.2 Å². The van der Waals surface area contributed by atoms with Crippen molar-refractivity contribution in [2.75, 3.05) is 0 Å².